The van der Waals surface area contributed by atoms with Gasteiger partial charge in [-0.25, -0.2) is 0 Å². The molecule has 0 atom stereocenters. The molecule has 0 aromatic carbocycles. The second kappa shape index (κ2) is 8.83. The van der Waals surface area contributed by atoms with Crippen LogP contribution >= 0.6 is 0 Å². The fourth-order valence-electron chi connectivity index (χ4n) is 1.66. The van der Waals surface area contributed by atoms with Gasteiger partial charge in [-0.3, -0.25) is 0 Å². The van der Waals surface area contributed by atoms with Gasteiger partial charge in [0.1, 0.15) is 0 Å². The molecule has 0 amide bonds. The number of rotatable bonds is 8. The SMILES string of the molecule is CN(C)CC[CH2][Ga]([CH3])[CH2]CCN(C)C. The molecule has 0 aromatic heterocycles. The van der Waals surface area contributed by atoms with Crippen molar-refractivity contribution in [3.05, 3.63) is 0 Å². The molecule has 14 heavy (non-hydrogen) atoms. The van der Waals surface area contributed by atoms with Crippen molar-refractivity contribution in [2.45, 2.75) is 28.3 Å². The Hall–Kier alpha value is 0.556. The van der Waals surface area contributed by atoms with Gasteiger partial charge in [-0.15, -0.1) is 0 Å². The van der Waals surface area contributed by atoms with Crippen LogP contribution < -0.4 is 0 Å². The summed E-state index contributed by atoms with van der Waals surface area (Å²) in [6.07, 6.45) is 2.85. The molecule has 0 saturated carbocycles. The molecule has 0 unspecified atom stereocenters. The Labute approximate surface area is 95.7 Å². The van der Waals surface area contributed by atoms with Gasteiger partial charge < -0.3 is 0 Å². The van der Waals surface area contributed by atoms with E-state index in [0.29, 0.717) is 0 Å². The van der Waals surface area contributed by atoms with Crippen molar-refractivity contribution in [3.63, 3.8) is 0 Å². The van der Waals surface area contributed by atoms with Crippen LogP contribution in [0, 0.1) is 0 Å². The van der Waals surface area contributed by atoms with Crippen molar-refractivity contribution in [3.8, 4) is 0 Å². The van der Waals surface area contributed by atoms with Gasteiger partial charge in [0.15, 0.2) is 0 Å². The van der Waals surface area contributed by atoms with E-state index in [1.54, 1.807) is 9.95 Å². The summed E-state index contributed by atoms with van der Waals surface area (Å²) in [6.45, 7) is 2.56. The molecule has 0 N–H and O–H groups in total. The Morgan fingerprint density at radius 2 is 1.14 bits per heavy atom. The van der Waals surface area contributed by atoms with Crippen molar-refractivity contribution in [2.75, 3.05) is 41.3 Å². The van der Waals surface area contributed by atoms with Crippen molar-refractivity contribution < 1.29 is 0 Å². The first kappa shape index (κ1) is 14.6. The molecule has 2 nitrogen and oxygen atoms in total. The first-order valence-corrected chi connectivity index (χ1v) is 11.7. The molecule has 0 spiro atoms. The van der Waals surface area contributed by atoms with Crippen LogP contribution in [0.15, 0.2) is 0 Å². The number of hydrogen-bond acceptors (Lipinski definition) is 2. The number of hydrogen-bond donors (Lipinski definition) is 0. The molecule has 0 aliphatic rings. The molecule has 84 valence electrons. The zero-order chi connectivity index (χ0) is 11.0. The molecule has 0 aliphatic heterocycles. The molecular weight excluding hydrogens is 230 g/mol. The summed E-state index contributed by atoms with van der Waals surface area (Å²) >= 11 is -0.818. The van der Waals surface area contributed by atoms with Gasteiger partial charge in [0, 0.05) is 0 Å². The molecule has 0 aliphatic carbocycles. The van der Waals surface area contributed by atoms with Crippen molar-refractivity contribution in [1.29, 1.82) is 0 Å². The summed E-state index contributed by atoms with van der Waals surface area (Å²) in [6, 6.07) is 0. The zero-order valence-electron chi connectivity index (χ0n) is 10.7. The summed E-state index contributed by atoms with van der Waals surface area (Å²) in [4.78, 5) is 7.74. The fraction of sp³-hybridized carbons (Fsp3) is 1.00. The maximum atomic E-state index is 2.57. The topological polar surface area (TPSA) is 6.48 Å². The first-order valence-electron chi connectivity index (χ1n) is 5.82. The van der Waals surface area contributed by atoms with E-state index in [9.17, 15) is 0 Å². The molecule has 0 saturated heterocycles. The number of nitrogens with zero attached hydrogens (tertiary/aromatic N) is 2. The maximum absolute atomic E-state index is 2.57. The van der Waals surface area contributed by atoms with E-state index in [1.165, 1.54) is 25.9 Å². The average Bonchev–Trinajstić information content (AvgIpc) is 2.02. The van der Waals surface area contributed by atoms with Gasteiger partial charge in [-0.1, -0.05) is 0 Å². The fourth-order valence-corrected chi connectivity index (χ4v) is 5.95. The Morgan fingerprint density at radius 1 is 0.786 bits per heavy atom. The third kappa shape index (κ3) is 10.6. The molecule has 0 fully saturated rings. The van der Waals surface area contributed by atoms with Crippen LogP contribution in [0.3, 0.4) is 0 Å². The van der Waals surface area contributed by atoms with E-state index in [2.05, 4.69) is 43.5 Å². The van der Waals surface area contributed by atoms with Crippen LogP contribution in [-0.4, -0.2) is 67.3 Å². The van der Waals surface area contributed by atoms with Gasteiger partial charge in [0.2, 0.25) is 0 Å². The van der Waals surface area contributed by atoms with Gasteiger partial charge in [-0.2, -0.15) is 0 Å². The molecule has 0 heterocycles. The van der Waals surface area contributed by atoms with Crippen molar-refractivity contribution >= 4 is 16.2 Å². The van der Waals surface area contributed by atoms with Crippen LogP contribution in [0.25, 0.3) is 0 Å². The van der Waals surface area contributed by atoms with E-state index in [4.69, 9.17) is 0 Å². The van der Waals surface area contributed by atoms with E-state index < -0.39 is 16.2 Å². The van der Waals surface area contributed by atoms with Crippen molar-refractivity contribution in [1.82, 2.24) is 9.80 Å². The third-order valence-corrected chi connectivity index (χ3v) is 8.45. The Balaban J connectivity index is 3.23. The Morgan fingerprint density at radius 3 is 1.43 bits per heavy atom. The first-order chi connectivity index (χ1) is 6.52. The van der Waals surface area contributed by atoms with Crippen LogP contribution in [0.4, 0.5) is 0 Å². The Kier molecular flexibility index (Phi) is 9.18. The van der Waals surface area contributed by atoms with E-state index in [1.807, 2.05) is 0 Å². The summed E-state index contributed by atoms with van der Waals surface area (Å²) in [5.41, 5.74) is 2.57. The summed E-state index contributed by atoms with van der Waals surface area (Å²) in [7, 11) is 8.68. The standard InChI is InChI=1S/2C5H12N.CH3.Ga/c2*1-4-5-6(2)3;;/h2*1,4-5H2,2-3H3;1H3;. The second-order valence-electron chi connectivity index (χ2n) is 5.00. The van der Waals surface area contributed by atoms with Crippen LogP contribution in [-0.2, 0) is 0 Å². The summed E-state index contributed by atoms with van der Waals surface area (Å²) < 4.78 is 0. The van der Waals surface area contributed by atoms with E-state index in [0.717, 1.165) is 0 Å². The molecule has 0 rings (SSSR count). The third-order valence-electron chi connectivity index (χ3n) is 2.60. The van der Waals surface area contributed by atoms with E-state index in [-0.39, 0.29) is 0 Å². The predicted molar refractivity (Wildman–Crippen MR) is 67.6 cm³/mol. The predicted octanol–water partition coefficient (Wildman–Crippen LogP) is 2.01. The average molecular weight is 257 g/mol. The zero-order valence-corrected chi connectivity index (χ0v) is 13.1. The normalized spacial score (nSPS) is 11.4. The molecular formula is C11H27GaN2. The van der Waals surface area contributed by atoms with E-state index >= 15 is 0 Å². The van der Waals surface area contributed by atoms with Gasteiger partial charge in [-0.05, 0) is 0 Å². The Bertz CT molecular complexity index is 112. The molecule has 0 bridgehead atoms. The quantitative estimate of drug-likeness (QED) is 0.614. The monoisotopic (exact) mass is 256 g/mol. The van der Waals surface area contributed by atoms with Gasteiger partial charge in [0.25, 0.3) is 0 Å². The van der Waals surface area contributed by atoms with Crippen LogP contribution in [0.2, 0.25) is 15.4 Å². The summed E-state index contributed by atoms with van der Waals surface area (Å²) in [5.74, 6) is 0. The minimum atomic E-state index is -0.818. The summed E-state index contributed by atoms with van der Waals surface area (Å²) in [5, 5.41) is 0. The van der Waals surface area contributed by atoms with Gasteiger partial charge >= 0.3 is 95.6 Å². The van der Waals surface area contributed by atoms with Crippen LogP contribution in [0.1, 0.15) is 12.8 Å². The minimum absolute atomic E-state index is 0.818. The molecule has 3 heteroatoms. The van der Waals surface area contributed by atoms with Crippen LogP contribution in [0.5, 0.6) is 0 Å². The molecule has 0 radical (unpaired) electrons. The second-order valence-corrected chi connectivity index (χ2v) is 12.1. The van der Waals surface area contributed by atoms with Gasteiger partial charge in [0.05, 0.1) is 0 Å². The van der Waals surface area contributed by atoms with Crippen molar-refractivity contribution in [2.24, 2.45) is 0 Å². The molecule has 0 aromatic rings.